The molecule has 2 rings (SSSR count). The van der Waals surface area contributed by atoms with Crippen molar-refractivity contribution < 1.29 is 20.2 Å². The fourth-order valence-electron chi connectivity index (χ4n) is 1.91. The van der Waals surface area contributed by atoms with Gasteiger partial charge in [-0.1, -0.05) is 29.4 Å². The second-order valence-electron chi connectivity index (χ2n) is 4.36. The van der Waals surface area contributed by atoms with Crippen LogP contribution in [0.5, 0.6) is 11.5 Å². The van der Waals surface area contributed by atoms with Crippen LogP contribution in [-0.2, 0) is 0 Å². The summed E-state index contributed by atoms with van der Waals surface area (Å²) in [5.41, 5.74) is 1.04. The summed E-state index contributed by atoms with van der Waals surface area (Å²) in [4.78, 5) is 12.2. The zero-order valence-electron chi connectivity index (χ0n) is 11.2. The molecule has 0 saturated carbocycles. The molecular weight excluding hydrogens is 272 g/mol. The second-order valence-corrected chi connectivity index (χ2v) is 4.36. The van der Waals surface area contributed by atoms with Gasteiger partial charge >= 0.3 is 0 Å². The van der Waals surface area contributed by atoms with Crippen LogP contribution < -0.4 is 5.32 Å². The van der Waals surface area contributed by atoms with Crippen molar-refractivity contribution in [2.75, 3.05) is 5.32 Å². The van der Waals surface area contributed by atoms with E-state index in [1.165, 1.54) is 18.2 Å². The number of amides is 1. The number of hydrogen-bond acceptors (Lipinski definition) is 5. The van der Waals surface area contributed by atoms with Crippen LogP contribution in [0.4, 0.5) is 5.69 Å². The summed E-state index contributed by atoms with van der Waals surface area (Å²) in [5.74, 6) is -1.31. The Balaban J connectivity index is 2.37. The number of carbonyl (C=O) groups excluding carboxylic acids is 1. The number of benzene rings is 2. The van der Waals surface area contributed by atoms with E-state index in [0.717, 1.165) is 0 Å². The maximum absolute atomic E-state index is 12.2. The molecule has 6 heteroatoms. The maximum atomic E-state index is 12.2. The summed E-state index contributed by atoms with van der Waals surface area (Å²) >= 11 is 0. The van der Waals surface area contributed by atoms with Crippen molar-refractivity contribution in [2.24, 2.45) is 5.16 Å². The first kappa shape index (κ1) is 14.4. The fourth-order valence-corrected chi connectivity index (χ4v) is 1.91. The van der Waals surface area contributed by atoms with Crippen LogP contribution in [0.25, 0.3) is 0 Å². The molecule has 0 aliphatic heterocycles. The topological polar surface area (TPSA) is 102 Å². The van der Waals surface area contributed by atoms with Crippen LogP contribution in [0, 0.1) is 0 Å². The molecule has 4 N–H and O–H groups in total. The second kappa shape index (κ2) is 5.96. The largest absolute Gasteiger partial charge is 0.507 e. The molecule has 0 spiro atoms. The molecule has 0 aliphatic carbocycles. The quantitative estimate of drug-likeness (QED) is 0.395. The number of nitrogens with zero attached hydrogens (tertiary/aromatic N) is 1. The zero-order valence-corrected chi connectivity index (χ0v) is 11.2. The number of hydrogen-bond donors (Lipinski definition) is 4. The van der Waals surface area contributed by atoms with E-state index in [9.17, 15) is 15.0 Å². The minimum Gasteiger partial charge on any atom is -0.507 e. The van der Waals surface area contributed by atoms with Crippen molar-refractivity contribution in [1.29, 1.82) is 0 Å². The molecule has 0 aromatic heterocycles. The van der Waals surface area contributed by atoms with Crippen molar-refractivity contribution >= 4 is 17.3 Å². The van der Waals surface area contributed by atoms with E-state index in [-0.39, 0.29) is 17.1 Å². The standard InChI is InChI=1S/C15H14N2O4/c1-9(17-21)10-5-2-3-6-11(10)16-15(20)14-12(18)7-4-8-13(14)19/h2-8,18-19,21H,1H3,(H,16,20)/b17-9-. The minimum absolute atomic E-state index is 0.217. The number of anilines is 1. The first-order valence-electron chi connectivity index (χ1n) is 6.15. The average molecular weight is 286 g/mol. The first-order chi connectivity index (χ1) is 10.0. The van der Waals surface area contributed by atoms with Crippen molar-refractivity contribution in [3.8, 4) is 11.5 Å². The highest BCUT2D eigenvalue weighted by Gasteiger charge is 2.17. The van der Waals surface area contributed by atoms with Gasteiger partial charge in [0.2, 0.25) is 0 Å². The summed E-state index contributed by atoms with van der Waals surface area (Å²) in [6, 6.07) is 10.8. The molecule has 108 valence electrons. The third-order valence-corrected chi connectivity index (χ3v) is 2.96. The van der Waals surface area contributed by atoms with Crippen LogP contribution >= 0.6 is 0 Å². The van der Waals surface area contributed by atoms with E-state index in [2.05, 4.69) is 10.5 Å². The Hall–Kier alpha value is -3.02. The number of oxime groups is 1. The van der Waals surface area contributed by atoms with Gasteiger partial charge in [0.25, 0.3) is 5.91 Å². The van der Waals surface area contributed by atoms with Crippen LogP contribution in [-0.4, -0.2) is 27.0 Å². The zero-order chi connectivity index (χ0) is 15.4. The van der Waals surface area contributed by atoms with Gasteiger partial charge in [0.15, 0.2) is 0 Å². The van der Waals surface area contributed by atoms with Crippen LogP contribution in [0.15, 0.2) is 47.6 Å². The lowest BCUT2D eigenvalue weighted by atomic mass is 10.1. The highest BCUT2D eigenvalue weighted by Crippen LogP contribution is 2.27. The predicted molar refractivity (Wildman–Crippen MR) is 78.2 cm³/mol. The average Bonchev–Trinajstić information content (AvgIpc) is 2.47. The number of nitrogens with one attached hydrogen (secondary N) is 1. The number of rotatable bonds is 3. The van der Waals surface area contributed by atoms with E-state index in [4.69, 9.17) is 5.21 Å². The lowest BCUT2D eigenvalue weighted by Gasteiger charge is -2.11. The lowest BCUT2D eigenvalue weighted by molar-refractivity contribution is 0.102. The number of aromatic hydroxyl groups is 2. The fraction of sp³-hybridized carbons (Fsp3) is 0.0667. The molecule has 0 fully saturated rings. The molecule has 21 heavy (non-hydrogen) atoms. The van der Waals surface area contributed by atoms with Gasteiger partial charge in [0, 0.05) is 5.56 Å². The van der Waals surface area contributed by atoms with E-state index < -0.39 is 5.91 Å². The monoisotopic (exact) mass is 286 g/mol. The van der Waals surface area contributed by atoms with E-state index in [1.807, 2.05) is 0 Å². The lowest BCUT2D eigenvalue weighted by Crippen LogP contribution is -2.14. The number of phenols is 2. The summed E-state index contributed by atoms with van der Waals surface area (Å²) in [5, 5.41) is 33.9. The normalized spacial score (nSPS) is 11.2. The van der Waals surface area contributed by atoms with Crippen molar-refractivity contribution in [2.45, 2.75) is 6.92 Å². The number of para-hydroxylation sites is 1. The Morgan fingerprint density at radius 2 is 1.67 bits per heavy atom. The van der Waals surface area contributed by atoms with Gasteiger partial charge in [-0.3, -0.25) is 4.79 Å². The Bertz CT molecular complexity index is 690. The van der Waals surface area contributed by atoms with Crippen molar-refractivity contribution in [3.05, 3.63) is 53.6 Å². The van der Waals surface area contributed by atoms with Gasteiger partial charge in [0.1, 0.15) is 17.1 Å². The molecule has 0 aliphatic rings. The molecule has 0 saturated heterocycles. The van der Waals surface area contributed by atoms with Crippen LogP contribution in [0.2, 0.25) is 0 Å². The first-order valence-corrected chi connectivity index (χ1v) is 6.15. The van der Waals surface area contributed by atoms with E-state index in [1.54, 1.807) is 31.2 Å². The highest BCUT2D eigenvalue weighted by atomic mass is 16.4. The van der Waals surface area contributed by atoms with Gasteiger partial charge in [-0.05, 0) is 25.1 Å². The smallest absolute Gasteiger partial charge is 0.263 e. The Kier molecular flexibility index (Phi) is 4.08. The SMILES string of the molecule is C/C(=N/O)c1ccccc1NC(=O)c1c(O)cccc1O. The molecule has 0 heterocycles. The summed E-state index contributed by atoms with van der Waals surface area (Å²) in [6.45, 7) is 1.59. The third kappa shape index (κ3) is 2.94. The molecule has 0 unspecified atom stereocenters. The third-order valence-electron chi connectivity index (χ3n) is 2.96. The molecule has 2 aromatic carbocycles. The molecular formula is C15H14N2O4. The number of carbonyl (C=O) groups is 1. The maximum Gasteiger partial charge on any atom is 0.263 e. The molecule has 1 amide bonds. The van der Waals surface area contributed by atoms with Gasteiger partial charge in [-0.2, -0.15) is 0 Å². The highest BCUT2D eigenvalue weighted by molar-refractivity contribution is 6.12. The summed E-state index contributed by atoms with van der Waals surface area (Å²) in [6.07, 6.45) is 0. The van der Waals surface area contributed by atoms with Crippen molar-refractivity contribution in [3.63, 3.8) is 0 Å². The van der Waals surface area contributed by atoms with E-state index >= 15 is 0 Å². The summed E-state index contributed by atoms with van der Waals surface area (Å²) < 4.78 is 0. The number of phenolic OH excluding ortho intramolecular Hbond substituents is 2. The molecule has 0 radical (unpaired) electrons. The minimum atomic E-state index is -0.663. The van der Waals surface area contributed by atoms with Crippen molar-refractivity contribution in [1.82, 2.24) is 0 Å². The van der Waals surface area contributed by atoms with Gasteiger partial charge in [-0.25, -0.2) is 0 Å². The molecule has 0 bridgehead atoms. The molecule has 0 atom stereocenters. The molecule has 2 aromatic rings. The Morgan fingerprint density at radius 3 is 2.29 bits per heavy atom. The van der Waals surface area contributed by atoms with Gasteiger partial charge in [-0.15, -0.1) is 0 Å². The molecule has 6 nitrogen and oxygen atoms in total. The Morgan fingerprint density at radius 1 is 1.05 bits per heavy atom. The summed E-state index contributed by atoms with van der Waals surface area (Å²) in [7, 11) is 0. The predicted octanol–water partition coefficient (Wildman–Crippen LogP) is 2.55. The van der Waals surface area contributed by atoms with E-state index in [0.29, 0.717) is 17.0 Å². The van der Waals surface area contributed by atoms with Gasteiger partial charge in [0.05, 0.1) is 11.4 Å². The van der Waals surface area contributed by atoms with Crippen LogP contribution in [0.1, 0.15) is 22.8 Å². The van der Waals surface area contributed by atoms with Gasteiger partial charge < -0.3 is 20.7 Å². The van der Waals surface area contributed by atoms with Crippen LogP contribution in [0.3, 0.4) is 0 Å². The Labute approximate surface area is 121 Å².